The van der Waals surface area contributed by atoms with Crippen molar-refractivity contribution in [2.24, 2.45) is 0 Å². The molecule has 0 aliphatic carbocycles. The predicted octanol–water partition coefficient (Wildman–Crippen LogP) is 0.330. The number of ether oxygens (including phenoxy) is 1. The van der Waals surface area contributed by atoms with Crippen LogP contribution in [0.2, 0.25) is 0 Å². The summed E-state index contributed by atoms with van der Waals surface area (Å²) < 4.78 is 5.53. The van der Waals surface area contributed by atoms with Crippen molar-refractivity contribution in [3.63, 3.8) is 0 Å². The average molecular weight is 157 g/mol. The summed E-state index contributed by atoms with van der Waals surface area (Å²) in [6, 6.07) is 0. The molecular weight excluding hydrogens is 142 g/mol. The van der Waals surface area contributed by atoms with Crippen molar-refractivity contribution in [1.82, 2.24) is 4.98 Å². The van der Waals surface area contributed by atoms with Crippen LogP contribution in [0, 0.1) is 0 Å². The second-order valence-electron chi connectivity index (χ2n) is 2.60. The average Bonchev–Trinajstić information content (AvgIpc) is 2.03. The fourth-order valence-corrected chi connectivity index (χ4v) is 2.39. The maximum Gasteiger partial charge on any atom is 0.150 e. The first-order valence-corrected chi connectivity index (χ1v) is 5.41. The maximum atomic E-state index is 5.53. The molecule has 1 N–H and O–H groups in total. The minimum Gasteiger partial charge on any atom is -0.420 e. The van der Waals surface area contributed by atoms with Crippen LogP contribution >= 0.6 is 0 Å². The summed E-state index contributed by atoms with van der Waals surface area (Å²) in [6.07, 6.45) is 5.63. The van der Waals surface area contributed by atoms with Crippen LogP contribution in [0.1, 0.15) is 19.3 Å². The first-order valence-electron chi connectivity index (χ1n) is 3.89. The Labute approximate surface area is 64.6 Å². The van der Waals surface area contributed by atoms with Gasteiger partial charge in [0.2, 0.25) is 0 Å². The standard InChI is InChI=1S/C7H15NOSi/c1-2-8-10-7-5-3-4-6-9-7/h2,7-8H,1,3-6,10H2. The zero-order chi connectivity index (χ0) is 7.23. The lowest BCUT2D eigenvalue weighted by atomic mass is 10.2. The Morgan fingerprint density at radius 3 is 3.10 bits per heavy atom. The summed E-state index contributed by atoms with van der Waals surface area (Å²) in [5.41, 5.74) is 0.562. The minimum absolute atomic E-state index is 0.225. The van der Waals surface area contributed by atoms with Gasteiger partial charge in [0.15, 0.2) is 9.68 Å². The van der Waals surface area contributed by atoms with E-state index in [2.05, 4.69) is 11.6 Å². The topological polar surface area (TPSA) is 21.3 Å². The van der Waals surface area contributed by atoms with Gasteiger partial charge in [-0.2, -0.15) is 0 Å². The third kappa shape index (κ3) is 2.54. The lowest BCUT2D eigenvalue weighted by Crippen LogP contribution is -2.32. The number of hydrogen-bond donors (Lipinski definition) is 1. The van der Waals surface area contributed by atoms with E-state index in [0.717, 1.165) is 6.61 Å². The summed E-state index contributed by atoms with van der Waals surface area (Å²) >= 11 is 0. The van der Waals surface area contributed by atoms with Crippen LogP contribution in [-0.4, -0.2) is 22.0 Å². The summed E-state index contributed by atoms with van der Waals surface area (Å²) in [4.78, 5) is 3.20. The summed E-state index contributed by atoms with van der Waals surface area (Å²) in [6.45, 7) is 4.58. The van der Waals surface area contributed by atoms with Crippen LogP contribution in [0.3, 0.4) is 0 Å². The lowest BCUT2D eigenvalue weighted by Gasteiger charge is -2.21. The quantitative estimate of drug-likeness (QED) is 0.596. The van der Waals surface area contributed by atoms with Gasteiger partial charge >= 0.3 is 0 Å². The van der Waals surface area contributed by atoms with Crippen LogP contribution in [0.25, 0.3) is 0 Å². The third-order valence-electron chi connectivity index (χ3n) is 1.76. The van der Waals surface area contributed by atoms with Crippen molar-refractivity contribution < 1.29 is 4.74 Å². The van der Waals surface area contributed by atoms with E-state index in [4.69, 9.17) is 4.74 Å². The maximum absolute atomic E-state index is 5.53. The molecule has 10 heavy (non-hydrogen) atoms. The van der Waals surface area contributed by atoms with E-state index >= 15 is 0 Å². The first-order chi connectivity index (χ1) is 4.93. The van der Waals surface area contributed by atoms with Crippen LogP contribution < -0.4 is 4.98 Å². The molecule has 0 spiro atoms. The molecule has 1 fully saturated rings. The summed E-state index contributed by atoms with van der Waals surface area (Å²) in [5, 5.41) is 0. The smallest absolute Gasteiger partial charge is 0.150 e. The molecule has 58 valence electrons. The van der Waals surface area contributed by atoms with Crippen molar-refractivity contribution in [3.05, 3.63) is 12.8 Å². The van der Waals surface area contributed by atoms with Gasteiger partial charge in [0.25, 0.3) is 0 Å². The third-order valence-corrected chi connectivity index (χ3v) is 3.39. The Morgan fingerprint density at radius 1 is 1.60 bits per heavy atom. The van der Waals surface area contributed by atoms with Gasteiger partial charge in [0.05, 0.1) is 5.73 Å². The molecule has 1 unspecified atom stereocenters. The Balaban J connectivity index is 2.07. The zero-order valence-electron chi connectivity index (χ0n) is 6.31. The van der Waals surface area contributed by atoms with Crippen LogP contribution in [0.5, 0.6) is 0 Å². The number of rotatable bonds is 3. The largest absolute Gasteiger partial charge is 0.420 e. The molecule has 0 saturated carbocycles. The fourth-order valence-electron chi connectivity index (χ4n) is 1.18. The highest BCUT2D eigenvalue weighted by atomic mass is 28.2. The highest BCUT2D eigenvalue weighted by Crippen LogP contribution is 2.10. The van der Waals surface area contributed by atoms with Gasteiger partial charge in [-0.25, -0.2) is 0 Å². The Morgan fingerprint density at radius 2 is 2.50 bits per heavy atom. The van der Waals surface area contributed by atoms with E-state index in [1.54, 1.807) is 6.20 Å². The molecule has 3 heteroatoms. The van der Waals surface area contributed by atoms with Gasteiger partial charge in [-0.3, -0.25) is 0 Å². The normalized spacial score (nSPS) is 27.0. The molecule has 2 nitrogen and oxygen atoms in total. The molecule has 1 aliphatic heterocycles. The summed E-state index contributed by atoms with van der Waals surface area (Å²) in [5.74, 6) is 0. The van der Waals surface area contributed by atoms with Crippen LogP contribution in [0.4, 0.5) is 0 Å². The Hall–Kier alpha value is -0.283. The molecular formula is C7H15NOSi. The van der Waals surface area contributed by atoms with Crippen LogP contribution in [-0.2, 0) is 4.74 Å². The molecule has 1 saturated heterocycles. The molecule has 1 heterocycles. The van der Waals surface area contributed by atoms with Gasteiger partial charge in [0.1, 0.15) is 0 Å². The van der Waals surface area contributed by atoms with Gasteiger partial charge in [-0.05, 0) is 25.5 Å². The molecule has 0 radical (unpaired) electrons. The van der Waals surface area contributed by atoms with Crippen molar-refractivity contribution in [3.8, 4) is 0 Å². The zero-order valence-corrected chi connectivity index (χ0v) is 7.72. The Bertz CT molecular complexity index is 102. The number of nitrogens with one attached hydrogen (secondary N) is 1. The highest BCUT2D eigenvalue weighted by Gasteiger charge is 2.12. The van der Waals surface area contributed by atoms with Gasteiger partial charge in [-0.15, -0.1) is 0 Å². The second-order valence-corrected chi connectivity index (χ2v) is 4.33. The van der Waals surface area contributed by atoms with Gasteiger partial charge in [-0.1, -0.05) is 6.58 Å². The van der Waals surface area contributed by atoms with E-state index in [1.165, 1.54) is 19.3 Å². The fraction of sp³-hybridized carbons (Fsp3) is 0.714. The van der Waals surface area contributed by atoms with E-state index in [9.17, 15) is 0 Å². The second kappa shape index (κ2) is 4.52. The van der Waals surface area contributed by atoms with E-state index < -0.39 is 0 Å². The molecule has 0 aromatic rings. The van der Waals surface area contributed by atoms with Crippen molar-refractivity contribution in [2.75, 3.05) is 6.61 Å². The molecule has 1 rings (SSSR count). The monoisotopic (exact) mass is 157 g/mol. The minimum atomic E-state index is -0.225. The number of hydrogen-bond acceptors (Lipinski definition) is 2. The first kappa shape index (κ1) is 7.82. The van der Waals surface area contributed by atoms with Gasteiger partial charge in [0, 0.05) is 6.61 Å². The Kier molecular flexibility index (Phi) is 3.53. The predicted molar refractivity (Wildman–Crippen MR) is 45.5 cm³/mol. The van der Waals surface area contributed by atoms with Crippen molar-refractivity contribution in [2.45, 2.75) is 25.0 Å². The van der Waals surface area contributed by atoms with Gasteiger partial charge < -0.3 is 9.72 Å². The SMILES string of the molecule is C=CN[SiH2]C1CCCCO1. The van der Waals surface area contributed by atoms with E-state index in [0.29, 0.717) is 5.73 Å². The molecule has 0 aromatic heterocycles. The van der Waals surface area contributed by atoms with Crippen molar-refractivity contribution >= 4 is 9.68 Å². The van der Waals surface area contributed by atoms with Crippen LogP contribution in [0.15, 0.2) is 12.8 Å². The molecule has 1 atom stereocenters. The molecule has 1 aliphatic rings. The lowest BCUT2D eigenvalue weighted by molar-refractivity contribution is 0.0645. The molecule has 0 bridgehead atoms. The van der Waals surface area contributed by atoms with E-state index in [-0.39, 0.29) is 9.68 Å². The van der Waals surface area contributed by atoms with E-state index in [1.807, 2.05) is 0 Å². The van der Waals surface area contributed by atoms with Crippen molar-refractivity contribution in [1.29, 1.82) is 0 Å². The molecule has 0 amide bonds. The highest BCUT2D eigenvalue weighted by molar-refractivity contribution is 6.34. The summed E-state index contributed by atoms with van der Waals surface area (Å²) in [7, 11) is -0.225. The molecule has 0 aromatic carbocycles.